The van der Waals surface area contributed by atoms with Gasteiger partial charge in [0.15, 0.2) is 0 Å². The van der Waals surface area contributed by atoms with Crippen molar-refractivity contribution in [2.24, 2.45) is 5.41 Å². The summed E-state index contributed by atoms with van der Waals surface area (Å²) in [6.07, 6.45) is 7.12. The summed E-state index contributed by atoms with van der Waals surface area (Å²) < 4.78 is 1.94. The first-order chi connectivity index (χ1) is 8.61. The first-order valence-electron chi connectivity index (χ1n) is 7.13. The molecule has 18 heavy (non-hydrogen) atoms. The van der Waals surface area contributed by atoms with E-state index < -0.39 is 0 Å². The van der Waals surface area contributed by atoms with Crippen molar-refractivity contribution >= 4 is 5.82 Å². The number of piperidine rings is 1. The van der Waals surface area contributed by atoms with E-state index in [2.05, 4.69) is 23.8 Å². The van der Waals surface area contributed by atoms with E-state index in [1.165, 1.54) is 38.9 Å². The Hall–Kier alpha value is -1.03. The van der Waals surface area contributed by atoms with Gasteiger partial charge in [-0.15, -0.1) is 0 Å². The SMILES string of the molecule is CCC1(C)CCN(CCCn2ccc(N)n2)CC1. The van der Waals surface area contributed by atoms with Crippen LogP contribution in [0.15, 0.2) is 12.3 Å². The van der Waals surface area contributed by atoms with Crippen LogP contribution in [-0.4, -0.2) is 34.3 Å². The van der Waals surface area contributed by atoms with Gasteiger partial charge in [0.2, 0.25) is 0 Å². The highest BCUT2D eigenvalue weighted by Crippen LogP contribution is 2.33. The zero-order valence-corrected chi connectivity index (χ0v) is 11.7. The Morgan fingerprint density at radius 3 is 2.61 bits per heavy atom. The Morgan fingerprint density at radius 2 is 2.06 bits per heavy atom. The lowest BCUT2D eigenvalue weighted by Crippen LogP contribution is -2.39. The minimum Gasteiger partial charge on any atom is -0.382 e. The molecular formula is C14H26N4. The highest BCUT2D eigenvalue weighted by molar-refractivity contribution is 5.23. The number of nitrogen functional groups attached to an aromatic ring is 1. The summed E-state index contributed by atoms with van der Waals surface area (Å²) in [7, 11) is 0. The number of nitrogens with zero attached hydrogens (tertiary/aromatic N) is 3. The standard InChI is InChI=1S/C14H26N4/c1-3-14(2)6-11-17(12-7-14)8-4-9-18-10-5-13(15)16-18/h5,10H,3-4,6-9,11-12H2,1-2H3,(H2,15,16). The number of hydrogen-bond donors (Lipinski definition) is 1. The molecule has 0 aliphatic carbocycles. The maximum Gasteiger partial charge on any atom is 0.145 e. The van der Waals surface area contributed by atoms with Gasteiger partial charge in [0, 0.05) is 12.7 Å². The monoisotopic (exact) mass is 250 g/mol. The van der Waals surface area contributed by atoms with Gasteiger partial charge in [0.05, 0.1) is 0 Å². The predicted octanol–water partition coefficient (Wildman–Crippen LogP) is 2.37. The van der Waals surface area contributed by atoms with Gasteiger partial charge in [-0.25, -0.2) is 0 Å². The molecule has 0 bridgehead atoms. The number of likely N-dealkylation sites (tertiary alicyclic amines) is 1. The first-order valence-corrected chi connectivity index (χ1v) is 7.13. The van der Waals surface area contributed by atoms with Crippen LogP contribution < -0.4 is 5.73 Å². The van der Waals surface area contributed by atoms with Gasteiger partial charge in [-0.3, -0.25) is 4.68 Å². The summed E-state index contributed by atoms with van der Waals surface area (Å²) >= 11 is 0. The largest absolute Gasteiger partial charge is 0.382 e. The van der Waals surface area contributed by atoms with Gasteiger partial charge < -0.3 is 10.6 Å². The Bertz CT molecular complexity index is 364. The second-order valence-corrected chi connectivity index (χ2v) is 5.86. The van der Waals surface area contributed by atoms with Gasteiger partial charge in [0.25, 0.3) is 0 Å². The van der Waals surface area contributed by atoms with Crippen molar-refractivity contribution < 1.29 is 0 Å². The molecule has 0 spiro atoms. The van der Waals surface area contributed by atoms with E-state index in [9.17, 15) is 0 Å². The highest BCUT2D eigenvalue weighted by Gasteiger charge is 2.27. The van der Waals surface area contributed by atoms with Gasteiger partial charge in [-0.2, -0.15) is 5.10 Å². The van der Waals surface area contributed by atoms with Crippen molar-refractivity contribution in [3.63, 3.8) is 0 Å². The second kappa shape index (κ2) is 5.74. The van der Waals surface area contributed by atoms with Crippen molar-refractivity contribution in [2.45, 2.75) is 46.1 Å². The fourth-order valence-corrected chi connectivity index (χ4v) is 2.63. The van der Waals surface area contributed by atoms with Crippen LogP contribution >= 0.6 is 0 Å². The molecule has 0 unspecified atom stereocenters. The van der Waals surface area contributed by atoms with E-state index in [4.69, 9.17) is 5.73 Å². The van der Waals surface area contributed by atoms with Crippen LogP contribution in [0.1, 0.15) is 39.5 Å². The molecule has 1 aromatic heterocycles. The van der Waals surface area contributed by atoms with Crippen LogP contribution in [0.3, 0.4) is 0 Å². The maximum atomic E-state index is 5.60. The smallest absolute Gasteiger partial charge is 0.145 e. The average molecular weight is 250 g/mol. The molecular weight excluding hydrogens is 224 g/mol. The van der Waals surface area contributed by atoms with Gasteiger partial charge in [-0.05, 0) is 50.4 Å². The number of nitrogens with two attached hydrogens (primary N) is 1. The highest BCUT2D eigenvalue weighted by atomic mass is 15.3. The first kappa shape index (κ1) is 13.4. The summed E-state index contributed by atoms with van der Waals surface area (Å²) in [4.78, 5) is 2.59. The Balaban J connectivity index is 1.66. The van der Waals surface area contributed by atoms with Crippen molar-refractivity contribution in [3.8, 4) is 0 Å². The molecule has 1 saturated heterocycles. The third-order valence-corrected chi connectivity index (χ3v) is 4.44. The Morgan fingerprint density at radius 1 is 1.33 bits per heavy atom. The van der Waals surface area contributed by atoms with Crippen LogP contribution in [0.25, 0.3) is 0 Å². The topological polar surface area (TPSA) is 47.1 Å². The Kier molecular flexibility index (Phi) is 4.27. The second-order valence-electron chi connectivity index (χ2n) is 5.86. The van der Waals surface area contributed by atoms with E-state index in [-0.39, 0.29) is 0 Å². The maximum absolute atomic E-state index is 5.60. The molecule has 4 heteroatoms. The van der Waals surface area contributed by atoms with Crippen LogP contribution in [0.5, 0.6) is 0 Å². The zero-order valence-electron chi connectivity index (χ0n) is 11.7. The van der Waals surface area contributed by atoms with Crippen LogP contribution in [-0.2, 0) is 6.54 Å². The van der Waals surface area contributed by atoms with Gasteiger partial charge in [0.1, 0.15) is 5.82 Å². The molecule has 2 N–H and O–H groups in total. The van der Waals surface area contributed by atoms with Crippen LogP contribution in [0.2, 0.25) is 0 Å². The van der Waals surface area contributed by atoms with Crippen molar-refractivity contribution in [1.29, 1.82) is 0 Å². The quantitative estimate of drug-likeness (QED) is 0.872. The third kappa shape index (κ3) is 3.48. The molecule has 1 aliphatic rings. The minimum atomic E-state index is 0.590. The molecule has 0 atom stereocenters. The minimum absolute atomic E-state index is 0.590. The number of hydrogen-bond acceptors (Lipinski definition) is 3. The molecule has 0 saturated carbocycles. The summed E-state index contributed by atoms with van der Waals surface area (Å²) in [6.45, 7) is 9.41. The fraction of sp³-hybridized carbons (Fsp3) is 0.786. The van der Waals surface area contributed by atoms with E-state index in [0.717, 1.165) is 13.0 Å². The lowest BCUT2D eigenvalue weighted by molar-refractivity contribution is 0.112. The van der Waals surface area contributed by atoms with Gasteiger partial charge in [-0.1, -0.05) is 20.3 Å². The van der Waals surface area contributed by atoms with Crippen molar-refractivity contribution in [1.82, 2.24) is 14.7 Å². The number of rotatable bonds is 5. The van der Waals surface area contributed by atoms with Crippen LogP contribution in [0.4, 0.5) is 5.82 Å². The summed E-state index contributed by atoms with van der Waals surface area (Å²) in [5, 5.41) is 4.21. The molecule has 2 heterocycles. The normalized spacial score (nSPS) is 20.1. The van der Waals surface area contributed by atoms with Crippen molar-refractivity contribution in [2.75, 3.05) is 25.4 Å². The lowest BCUT2D eigenvalue weighted by Gasteiger charge is -2.38. The molecule has 102 valence electrons. The van der Waals surface area contributed by atoms with E-state index in [1.807, 2.05) is 16.9 Å². The molecule has 1 fully saturated rings. The zero-order chi connectivity index (χ0) is 13.0. The van der Waals surface area contributed by atoms with E-state index >= 15 is 0 Å². The summed E-state index contributed by atoms with van der Waals surface area (Å²) in [6, 6.07) is 1.85. The molecule has 4 nitrogen and oxygen atoms in total. The Labute approximate surface area is 110 Å². The van der Waals surface area contributed by atoms with E-state index in [0.29, 0.717) is 11.2 Å². The lowest BCUT2D eigenvalue weighted by atomic mass is 9.78. The molecule has 2 rings (SSSR count). The van der Waals surface area contributed by atoms with Crippen molar-refractivity contribution in [3.05, 3.63) is 12.3 Å². The van der Waals surface area contributed by atoms with E-state index in [1.54, 1.807) is 0 Å². The number of aryl methyl sites for hydroxylation is 1. The average Bonchev–Trinajstić information content (AvgIpc) is 2.78. The molecule has 1 aromatic rings. The summed E-state index contributed by atoms with van der Waals surface area (Å²) in [5.41, 5.74) is 6.19. The van der Waals surface area contributed by atoms with Crippen LogP contribution in [0, 0.1) is 5.41 Å². The molecule has 0 radical (unpaired) electrons. The molecule has 0 amide bonds. The fourth-order valence-electron chi connectivity index (χ4n) is 2.63. The molecule has 0 aromatic carbocycles. The number of anilines is 1. The van der Waals surface area contributed by atoms with Gasteiger partial charge >= 0.3 is 0 Å². The number of aromatic nitrogens is 2. The summed E-state index contributed by atoms with van der Waals surface area (Å²) in [5.74, 6) is 0.617. The molecule has 1 aliphatic heterocycles. The third-order valence-electron chi connectivity index (χ3n) is 4.44. The predicted molar refractivity (Wildman–Crippen MR) is 75.3 cm³/mol.